The van der Waals surface area contributed by atoms with Gasteiger partial charge in [0.25, 0.3) is 0 Å². The highest BCUT2D eigenvalue weighted by atomic mass is 32.2. The van der Waals surface area contributed by atoms with Crippen LogP contribution < -0.4 is 15.0 Å². The molecule has 34 heavy (non-hydrogen) atoms. The fraction of sp³-hybridized carbons (Fsp3) is 0.417. The maximum absolute atomic E-state index is 13.1. The molecule has 0 saturated carbocycles. The molecule has 10 heteroatoms. The van der Waals surface area contributed by atoms with Gasteiger partial charge in [0.05, 0.1) is 24.7 Å². The quantitative estimate of drug-likeness (QED) is 0.637. The van der Waals surface area contributed by atoms with Crippen LogP contribution in [0.25, 0.3) is 0 Å². The van der Waals surface area contributed by atoms with Crippen molar-refractivity contribution in [3.05, 3.63) is 53.6 Å². The molecule has 0 unspecified atom stereocenters. The lowest BCUT2D eigenvalue weighted by Crippen LogP contribution is -2.47. The maximum atomic E-state index is 13.1. The molecule has 2 aromatic rings. The molecular formula is C24H29N3O6S. The maximum Gasteiger partial charge on any atom is 0.243 e. The van der Waals surface area contributed by atoms with Gasteiger partial charge >= 0.3 is 0 Å². The van der Waals surface area contributed by atoms with E-state index in [-0.39, 0.29) is 29.7 Å². The summed E-state index contributed by atoms with van der Waals surface area (Å²) in [5, 5.41) is 2.90. The molecule has 182 valence electrons. The number of nitrogens with zero attached hydrogens (tertiary/aromatic N) is 2. The molecule has 2 aliphatic rings. The van der Waals surface area contributed by atoms with Crippen LogP contribution in [0.4, 0.5) is 5.69 Å². The van der Waals surface area contributed by atoms with E-state index >= 15 is 0 Å². The summed E-state index contributed by atoms with van der Waals surface area (Å²) in [7, 11) is -3.68. The average Bonchev–Trinajstić information content (AvgIpc) is 3.23. The van der Waals surface area contributed by atoms with Crippen molar-refractivity contribution in [2.45, 2.75) is 37.8 Å². The van der Waals surface area contributed by atoms with Gasteiger partial charge in [-0.25, -0.2) is 8.42 Å². The van der Waals surface area contributed by atoms with Crippen molar-refractivity contribution >= 4 is 27.5 Å². The van der Waals surface area contributed by atoms with Crippen LogP contribution >= 0.6 is 0 Å². The third kappa shape index (κ3) is 4.79. The smallest absolute Gasteiger partial charge is 0.243 e. The first kappa shape index (κ1) is 24.2. The Morgan fingerprint density at radius 3 is 2.59 bits per heavy atom. The van der Waals surface area contributed by atoms with E-state index in [1.165, 1.54) is 22.2 Å². The Hall–Kier alpha value is -2.95. The van der Waals surface area contributed by atoms with Crippen LogP contribution in [0.2, 0.25) is 0 Å². The Labute approximate surface area is 199 Å². The van der Waals surface area contributed by atoms with E-state index in [9.17, 15) is 18.0 Å². The highest BCUT2D eigenvalue weighted by Crippen LogP contribution is 2.35. The fourth-order valence-electron chi connectivity index (χ4n) is 4.37. The number of amides is 2. The summed E-state index contributed by atoms with van der Waals surface area (Å²) in [5.41, 5.74) is 2.05. The monoisotopic (exact) mass is 487 g/mol. The summed E-state index contributed by atoms with van der Waals surface area (Å²) in [6.45, 7) is 5.37. The lowest BCUT2D eigenvalue weighted by molar-refractivity contribution is -0.125. The van der Waals surface area contributed by atoms with Crippen LogP contribution in [0.1, 0.15) is 25.0 Å². The second-order valence-corrected chi connectivity index (χ2v) is 10.1. The van der Waals surface area contributed by atoms with Crippen LogP contribution in [0.15, 0.2) is 47.4 Å². The number of anilines is 1. The van der Waals surface area contributed by atoms with E-state index in [1.807, 2.05) is 31.2 Å². The Kier molecular flexibility index (Phi) is 7.20. The zero-order valence-electron chi connectivity index (χ0n) is 19.3. The Balaban J connectivity index is 1.53. The van der Waals surface area contributed by atoms with Crippen molar-refractivity contribution in [3.63, 3.8) is 0 Å². The van der Waals surface area contributed by atoms with Crippen molar-refractivity contribution in [1.29, 1.82) is 0 Å². The molecule has 1 N–H and O–H groups in total. The highest BCUT2D eigenvalue weighted by molar-refractivity contribution is 7.89. The van der Waals surface area contributed by atoms with E-state index < -0.39 is 16.1 Å². The molecule has 4 rings (SSSR count). The topological polar surface area (TPSA) is 105 Å². The number of carbonyl (C=O) groups is 2. The number of sulfonamides is 1. The number of nitrogens with one attached hydrogen (secondary N) is 1. The largest absolute Gasteiger partial charge is 0.494 e. The van der Waals surface area contributed by atoms with Crippen molar-refractivity contribution < 1.29 is 27.5 Å². The fourth-order valence-corrected chi connectivity index (χ4v) is 5.83. The minimum atomic E-state index is -3.68. The summed E-state index contributed by atoms with van der Waals surface area (Å²) in [6.07, 6.45) is 0.236. The predicted octanol–water partition coefficient (Wildman–Crippen LogP) is 1.70. The zero-order chi connectivity index (χ0) is 24.3. The highest BCUT2D eigenvalue weighted by Gasteiger charge is 2.38. The van der Waals surface area contributed by atoms with Crippen LogP contribution in [0.3, 0.4) is 0 Å². The number of hydrogen-bond donors (Lipinski definition) is 1. The number of rotatable bonds is 7. The summed E-state index contributed by atoms with van der Waals surface area (Å²) >= 11 is 0. The summed E-state index contributed by atoms with van der Waals surface area (Å²) < 4.78 is 38.4. The predicted molar refractivity (Wildman–Crippen MR) is 126 cm³/mol. The molecule has 0 aromatic heterocycles. The van der Waals surface area contributed by atoms with Gasteiger partial charge in [-0.15, -0.1) is 0 Å². The van der Waals surface area contributed by atoms with E-state index in [0.717, 1.165) is 5.56 Å². The second-order valence-electron chi connectivity index (χ2n) is 8.17. The van der Waals surface area contributed by atoms with E-state index in [2.05, 4.69) is 5.32 Å². The summed E-state index contributed by atoms with van der Waals surface area (Å²) in [5.74, 6) is 0.106. The number of hydrogen-bond acceptors (Lipinski definition) is 6. The lowest BCUT2D eigenvalue weighted by atomic mass is 10.1. The molecule has 0 spiro atoms. The van der Waals surface area contributed by atoms with Crippen molar-refractivity contribution in [2.24, 2.45) is 0 Å². The molecule has 1 saturated heterocycles. The van der Waals surface area contributed by atoms with Crippen LogP contribution in [0, 0.1) is 0 Å². The number of benzene rings is 2. The SMILES string of the molecule is CCOc1ccccc1CNC(=O)[C@@H]1Cc2cc(S(=O)(=O)N3CCOCC3)ccc2N1C(C)=O. The van der Waals surface area contributed by atoms with E-state index in [0.29, 0.717) is 49.9 Å². The van der Waals surface area contributed by atoms with Gasteiger partial charge < -0.3 is 14.8 Å². The van der Waals surface area contributed by atoms with Crippen molar-refractivity contribution in [3.8, 4) is 5.75 Å². The van der Waals surface area contributed by atoms with Crippen molar-refractivity contribution in [1.82, 2.24) is 9.62 Å². The van der Waals surface area contributed by atoms with Gasteiger partial charge in [-0.3, -0.25) is 14.5 Å². The molecule has 2 aromatic carbocycles. The number of para-hydroxylation sites is 1. The van der Waals surface area contributed by atoms with E-state index in [4.69, 9.17) is 9.47 Å². The molecule has 1 fully saturated rings. The number of fused-ring (bicyclic) bond motifs is 1. The third-order valence-corrected chi connectivity index (χ3v) is 7.91. The number of ether oxygens (including phenoxy) is 2. The zero-order valence-corrected chi connectivity index (χ0v) is 20.1. The molecule has 0 bridgehead atoms. The third-order valence-electron chi connectivity index (χ3n) is 6.01. The standard InChI is InChI=1S/C24H29N3O6S/c1-3-33-23-7-5-4-6-18(23)16-25-24(29)22-15-19-14-20(8-9-21(19)27(22)17(2)28)34(30,31)26-10-12-32-13-11-26/h4-9,14,22H,3,10-13,15-16H2,1-2H3,(H,25,29)/t22-/m0/s1. The minimum Gasteiger partial charge on any atom is -0.494 e. The van der Waals surface area contributed by atoms with E-state index in [1.54, 1.807) is 12.1 Å². The summed E-state index contributed by atoms with van der Waals surface area (Å²) in [4.78, 5) is 27.2. The van der Waals surface area contributed by atoms with Gasteiger partial charge in [0.1, 0.15) is 11.8 Å². The summed E-state index contributed by atoms with van der Waals surface area (Å²) in [6, 6.07) is 11.4. The van der Waals surface area contributed by atoms with Gasteiger partial charge in [-0.05, 0) is 36.8 Å². The molecular weight excluding hydrogens is 458 g/mol. The lowest BCUT2D eigenvalue weighted by Gasteiger charge is -2.26. The van der Waals surface area contributed by atoms with Gasteiger partial charge in [0, 0.05) is 44.2 Å². The second kappa shape index (κ2) is 10.1. The van der Waals surface area contributed by atoms with Crippen molar-refractivity contribution in [2.75, 3.05) is 37.8 Å². The van der Waals surface area contributed by atoms with Crippen LogP contribution in [-0.2, 0) is 37.3 Å². The van der Waals surface area contributed by atoms with Crippen LogP contribution in [-0.4, -0.2) is 63.5 Å². The van der Waals surface area contributed by atoms with Crippen LogP contribution in [0.5, 0.6) is 5.75 Å². The first-order chi connectivity index (χ1) is 16.3. The Morgan fingerprint density at radius 1 is 1.15 bits per heavy atom. The van der Waals surface area contributed by atoms with Gasteiger partial charge in [-0.2, -0.15) is 4.31 Å². The van der Waals surface area contributed by atoms with Gasteiger partial charge in [0.15, 0.2) is 0 Å². The molecule has 0 radical (unpaired) electrons. The molecule has 1 atom stereocenters. The first-order valence-electron chi connectivity index (χ1n) is 11.3. The molecule has 2 amide bonds. The molecule has 9 nitrogen and oxygen atoms in total. The molecule has 2 heterocycles. The number of carbonyl (C=O) groups excluding carboxylic acids is 2. The first-order valence-corrected chi connectivity index (χ1v) is 12.8. The average molecular weight is 488 g/mol. The molecule has 2 aliphatic heterocycles. The van der Waals surface area contributed by atoms with Gasteiger partial charge in [0.2, 0.25) is 21.8 Å². The Morgan fingerprint density at radius 2 is 1.88 bits per heavy atom. The molecule has 0 aliphatic carbocycles. The number of morpholine rings is 1. The Bertz CT molecular complexity index is 1180. The van der Waals surface area contributed by atoms with Gasteiger partial charge in [-0.1, -0.05) is 18.2 Å². The normalized spacial score (nSPS) is 18.4. The minimum absolute atomic E-state index is 0.156.